The average molecular weight is 237 g/mol. The fourth-order valence-electron chi connectivity index (χ4n) is 1.47. The van der Waals surface area contributed by atoms with Crippen LogP contribution in [0.25, 0.3) is 0 Å². The lowest BCUT2D eigenvalue weighted by molar-refractivity contribution is 0.0938. The minimum absolute atomic E-state index is 0.152. The molecule has 0 saturated heterocycles. The second kappa shape index (κ2) is 6.96. The molecule has 0 bridgehead atoms. The second-order valence-corrected chi connectivity index (χ2v) is 4.04. The highest BCUT2D eigenvalue weighted by Gasteiger charge is 2.10. The summed E-state index contributed by atoms with van der Waals surface area (Å²) >= 11 is 0. The molecule has 0 radical (unpaired) electrons. The molecule has 1 aromatic heterocycles. The molecule has 1 amide bonds. The minimum Gasteiger partial charge on any atom is -0.396 e. The number of carbonyl (C=O) groups is 1. The molecule has 1 atom stereocenters. The first-order valence-electron chi connectivity index (χ1n) is 5.85. The first-order chi connectivity index (χ1) is 8.17. The molecule has 0 aliphatic carbocycles. The highest BCUT2D eigenvalue weighted by molar-refractivity contribution is 5.91. The average Bonchev–Trinajstić information content (AvgIpc) is 2.35. The van der Waals surface area contributed by atoms with Crippen molar-refractivity contribution >= 4 is 5.91 Å². The molecule has 0 aliphatic heterocycles. The summed E-state index contributed by atoms with van der Waals surface area (Å²) in [7, 11) is 0. The molecule has 0 spiro atoms. The van der Waals surface area contributed by atoms with Gasteiger partial charge in [0.05, 0.1) is 11.9 Å². The Morgan fingerprint density at radius 3 is 2.76 bits per heavy atom. The quantitative estimate of drug-likeness (QED) is 0.771. The lowest BCUT2D eigenvalue weighted by Crippen LogP contribution is -2.30. The Balaban J connectivity index is 2.46. The maximum absolute atomic E-state index is 11.7. The van der Waals surface area contributed by atoms with Gasteiger partial charge in [-0.15, -0.1) is 0 Å². The van der Waals surface area contributed by atoms with Gasteiger partial charge in [-0.05, 0) is 19.3 Å². The van der Waals surface area contributed by atoms with E-state index in [0.717, 1.165) is 12.1 Å². The van der Waals surface area contributed by atoms with E-state index in [9.17, 15) is 4.79 Å². The Kier molecular flexibility index (Phi) is 5.56. The van der Waals surface area contributed by atoms with Crippen LogP contribution < -0.4 is 5.32 Å². The molecule has 0 aromatic carbocycles. The minimum atomic E-state index is -0.214. The van der Waals surface area contributed by atoms with E-state index in [1.807, 2.05) is 13.8 Å². The molecular weight excluding hydrogens is 218 g/mol. The number of hydrogen-bond acceptors (Lipinski definition) is 4. The summed E-state index contributed by atoms with van der Waals surface area (Å²) in [4.78, 5) is 19.7. The van der Waals surface area contributed by atoms with E-state index < -0.39 is 0 Å². The Hall–Kier alpha value is -1.49. The lowest BCUT2D eigenvalue weighted by Gasteiger charge is -2.13. The van der Waals surface area contributed by atoms with E-state index in [1.54, 1.807) is 6.20 Å². The number of aliphatic hydroxyl groups is 1. The Labute approximate surface area is 101 Å². The zero-order valence-electron chi connectivity index (χ0n) is 10.3. The molecule has 1 heterocycles. The van der Waals surface area contributed by atoms with Crippen molar-refractivity contribution in [3.05, 3.63) is 23.8 Å². The van der Waals surface area contributed by atoms with Crippen molar-refractivity contribution < 1.29 is 9.90 Å². The molecular formula is C12H19N3O2. The molecule has 0 saturated carbocycles. The third-order valence-electron chi connectivity index (χ3n) is 2.68. The van der Waals surface area contributed by atoms with Gasteiger partial charge in [0.15, 0.2) is 0 Å². The van der Waals surface area contributed by atoms with Crippen LogP contribution in [0.5, 0.6) is 0 Å². The van der Waals surface area contributed by atoms with Gasteiger partial charge in [-0.25, -0.2) is 4.98 Å². The highest BCUT2D eigenvalue weighted by atomic mass is 16.3. The van der Waals surface area contributed by atoms with Crippen molar-refractivity contribution in [2.24, 2.45) is 5.92 Å². The number of rotatable bonds is 6. The molecule has 2 N–H and O–H groups in total. The van der Waals surface area contributed by atoms with Crippen LogP contribution in [0.15, 0.2) is 12.4 Å². The maximum Gasteiger partial charge on any atom is 0.271 e. The van der Waals surface area contributed by atoms with Crippen molar-refractivity contribution in [1.29, 1.82) is 0 Å². The lowest BCUT2D eigenvalue weighted by atomic mass is 10.0. The Bertz CT molecular complexity index is 351. The fraction of sp³-hybridized carbons (Fsp3) is 0.583. The van der Waals surface area contributed by atoms with E-state index in [-0.39, 0.29) is 12.5 Å². The number of amides is 1. The number of aliphatic hydroxyl groups excluding tert-OH is 1. The van der Waals surface area contributed by atoms with Gasteiger partial charge < -0.3 is 10.4 Å². The van der Waals surface area contributed by atoms with E-state index in [1.165, 1.54) is 6.20 Å². The SMILES string of the molecule is CCC(CCO)CNC(=O)c1cnc(C)cn1. The van der Waals surface area contributed by atoms with Crippen LogP contribution in [0.4, 0.5) is 0 Å². The van der Waals surface area contributed by atoms with Crippen LogP contribution in [-0.2, 0) is 0 Å². The van der Waals surface area contributed by atoms with E-state index in [2.05, 4.69) is 15.3 Å². The van der Waals surface area contributed by atoms with Crippen LogP contribution in [0.3, 0.4) is 0 Å². The van der Waals surface area contributed by atoms with Gasteiger partial charge in [-0.1, -0.05) is 13.3 Å². The van der Waals surface area contributed by atoms with Gasteiger partial charge in [0.25, 0.3) is 5.91 Å². The van der Waals surface area contributed by atoms with Gasteiger partial charge >= 0.3 is 0 Å². The Morgan fingerprint density at radius 2 is 2.24 bits per heavy atom. The van der Waals surface area contributed by atoms with Crippen LogP contribution >= 0.6 is 0 Å². The largest absolute Gasteiger partial charge is 0.396 e. The molecule has 1 unspecified atom stereocenters. The van der Waals surface area contributed by atoms with E-state index in [0.29, 0.717) is 24.6 Å². The summed E-state index contributed by atoms with van der Waals surface area (Å²) in [5, 5.41) is 11.6. The third-order valence-corrected chi connectivity index (χ3v) is 2.68. The monoisotopic (exact) mass is 237 g/mol. The van der Waals surface area contributed by atoms with Crippen LogP contribution in [-0.4, -0.2) is 34.1 Å². The predicted molar refractivity (Wildman–Crippen MR) is 64.6 cm³/mol. The Morgan fingerprint density at radius 1 is 1.47 bits per heavy atom. The van der Waals surface area contributed by atoms with Gasteiger partial charge in [-0.2, -0.15) is 0 Å². The fourth-order valence-corrected chi connectivity index (χ4v) is 1.47. The van der Waals surface area contributed by atoms with Gasteiger partial charge in [0.2, 0.25) is 0 Å². The molecule has 1 rings (SSSR count). The molecule has 0 fully saturated rings. The molecule has 5 heteroatoms. The van der Waals surface area contributed by atoms with E-state index >= 15 is 0 Å². The number of carbonyl (C=O) groups excluding carboxylic acids is 1. The van der Waals surface area contributed by atoms with E-state index in [4.69, 9.17) is 5.11 Å². The molecule has 5 nitrogen and oxygen atoms in total. The number of nitrogens with one attached hydrogen (secondary N) is 1. The summed E-state index contributed by atoms with van der Waals surface area (Å²) in [5.74, 6) is 0.0937. The van der Waals surface area contributed by atoms with Crippen molar-refractivity contribution in [3.8, 4) is 0 Å². The zero-order chi connectivity index (χ0) is 12.7. The smallest absolute Gasteiger partial charge is 0.271 e. The van der Waals surface area contributed by atoms with Crippen LogP contribution in [0.1, 0.15) is 35.9 Å². The topological polar surface area (TPSA) is 75.1 Å². The summed E-state index contributed by atoms with van der Waals surface area (Å²) in [6.45, 7) is 4.57. The summed E-state index contributed by atoms with van der Waals surface area (Å²) in [5.41, 5.74) is 1.11. The molecule has 0 aliphatic rings. The molecule has 94 valence electrons. The van der Waals surface area contributed by atoms with Crippen molar-refractivity contribution in [2.45, 2.75) is 26.7 Å². The molecule has 1 aromatic rings. The van der Waals surface area contributed by atoms with Crippen molar-refractivity contribution in [3.63, 3.8) is 0 Å². The summed E-state index contributed by atoms with van der Waals surface area (Å²) < 4.78 is 0. The number of aromatic nitrogens is 2. The number of hydrogen-bond donors (Lipinski definition) is 2. The van der Waals surface area contributed by atoms with Crippen molar-refractivity contribution in [1.82, 2.24) is 15.3 Å². The van der Waals surface area contributed by atoms with Crippen molar-refractivity contribution in [2.75, 3.05) is 13.2 Å². The standard InChI is InChI=1S/C12H19N3O2/c1-3-10(4-5-16)7-15-12(17)11-8-13-9(2)6-14-11/h6,8,10,16H,3-5,7H2,1-2H3,(H,15,17). The molecule has 17 heavy (non-hydrogen) atoms. The predicted octanol–water partition coefficient (Wildman–Crippen LogP) is 0.923. The number of aryl methyl sites for hydroxylation is 1. The van der Waals surface area contributed by atoms with Gasteiger partial charge in [0.1, 0.15) is 5.69 Å². The maximum atomic E-state index is 11.7. The summed E-state index contributed by atoms with van der Waals surface area (Å²) in [6, 6.07) is 0. The number of nitrogens with zero attached hydrogens (tertiary/aromatic N) is 2. The van der Waals surface area contributed by atoms with Gasteiger partial charge in [0, 0.05) is 19.3 Å². The second-order valence-electron chi connectivity index (χ2n) is 4.04. The van der Waals surface area contributed by atoms with Crippen LogP contribution in [0.2, 0.25) is 0 Å². The third kappa shape index (κ3) is 4.48. The highest BCUT2D eigenvalue weighted by Crippen LogP contribution is 2.06. The normalized spacial score (nSPS) is 12.2. The first-order valence-corrected chi connectivity index (χ1v) is 5.85. The summed E-state index contributed by atoms with van der Waals surface area (Å²) in [6.07, 6.45) is 4.67. The zero-order valence-corrected chi connectivity index (χ0v) is 10.3. The first kappa shape index (κ1) is 13.6. The van der Waals surface area contributed by atoms with Gasteiger partial charge in [-0.3, -0.25) is 9.78 Å². The van der Waals surface area contributed by atoms with Crippen LogP contribution in [0, 0.1) is 12.8 Å².